The van der Waals surface area contributed by atoms with Crippen LogP contribution >= 0.6 is 0 Å². The van der Waals surface area contributed by atoms with Crippen molar-refractivity contribution >= 4 is 5.97 Å². The van der Waals surface area contributed by atoms with Crippen LogP contribution in [0.2, 0.25) is 0 Å². The van der Waals surface area contributed by atoms with Gasteiger partial charge in [0, 0.05) is 31.6 Å². The molecule has 0 N–H and O–H groups in total. The number of ether oxygens (including phenoxy) is 1. The Morgan fingerprint density at radius 3 is 2.83 bits per heavy atom. The minimum atomic E-state index is -0.247. The van der Waals surface area contributed by atoms with Crippen molar-refractivity contribution in [2.24, 2.45) is 7.05 Å². The quantitative estimate of drug-likeness (QED) is 0.566. The number of carbonyl (C=O) groups is 1. The molecule has 0 aromatic carbocycles. The summed E-state index contributed by atoms with van der Waals surface area (Å²) in [7, 11) is 5.37. The van der Waals surface area contributed by atoms with Crippen molar-refractivity contribution in [2.75, 3.05) is 20.7 Å². The Morgan fingerprint density at radius 2 is 2.33 bits per heavy atom. The number of rotatable bonds is 6. The largest absolute Gasteiger partial charge is 0.466 e. The molecule has 100 valence electrons. The highest BCUT2D eigenvalue weighted by molar-refractivity contribution is 5.88. The lowest BCUT2D eigenvalue weighted by molar-refractivity contribution is -0.136. The lowest BCUT2D eigenvalue weighted by atomic mass is 10.2. The van der Waals surface area contributed by atoms with Gasteiger partial charge in [-0.05, 0) is 13.5 Å². The van der Waals surface area contributed by atoms with Gasteiger partial charge in [-0.15, -0.1) is 0 Å². The number of hydrogen-bond donors (Lipinski definition) is 0. The molecule has 0 saturated heterocycles. The van der Waals surface area contributed by atoms with E-state index in [0.717, 1.165) is 12.4 Å². The lowest BCUT2D eigenvalue weighted by Crippen LogP contribution is -2.21. The summed E-state index contributed by atoms with van der Waals surface area (Å²) >= 11 is 0. The van der Waals surface area contributed by atoms with Gasteiger partial charge in [0.1, 0.15) is 5.82 Å². The summed E-state index contributed by atoms with van der Waals surface area (Å²) < 4.78 is 6.71. The van der Waals surface area contributed by atoms with Gasteiger partial charge in [-0.2, -0.15) is 0 Å². The van der Waals surface area contributed by atoms with E-state index in [9.17, 15) is 4.79 Å². The van der Waals surface area contributed by atoms with Crippen molar-refractivity contribution in [3.8, 4) is 0 Å². The van der Waals surface area contributed by atoms with Crippen molar-refractivity contribution in [1.82, 2.24) is 14.5 Å². The van der Waals surface area contributed by atoms with Gasteiger partial charge in [0.2, 0.25) is 0 Å². The second-order valence-electron chi connectivity index (χ2n) is 4.23. The zero-order chi connectivity index (χ0) is 13.5. The van der Waals surface area contributed by atoms with E-state index >= 15 is 0 Å². The van der Waals surface area contributed by atoms with Crippen LogP contribution in [-0.4, -0.2) is 41.1 Å². The first kappa shape index (κ1) is 14.4. The van der Waals surface area contributed by atoms with Gasteiger partial charge < -0.3 is 9.30 Å². The Bertz CT molecular complexity index is 424. The van der Waals surface area contributed by atoms with Crippen LogP contribution in [0.3, 0.4) is 0 Å². The maximum Gasteiger partial charge on any atom is 0.333 e. The summed E-state index contributed by atoms with van der Waals surface area (Å²) in [5, 5.41) is 0. The normalized spacial score (nSPS) is 11.9. The molecule has 0 aliphatic rings. The molecule has 0 spiro atoms. The van der Waals surface area contributed by atoms with Gasteiger partial charge in [-0.3, -0.25) is 4.90 Å². The van der Waals surface area contributed by atoms with E-state index in [-0.39, 0.29) is 5.97 Å². The number of methoxy groups -OCH3 is 1. The summed E-state index contributed by atoms with van der Waals surface area (Å²) in [6.07, 6.45) is 6.30. The maximum atomic E-state index is 11.4. The Balaban J connectivity index is 2.54. The van der Waals surface area contributed by atoms with Gasteiger partial charge in [-0.1, -0.05) is 13.0 Å². The number of aromatic nitrogens is 2. The third-order valence-corrected chi connectivity index (χ3v) is 2.81. The Hall–Kier alpha value is -1.62. The first-order valence-electron chi connectivity index (χ1n) is 6.00. The molecule has 0 bridgehead atoms. The fourth-order valence-corrected chi connectivity index (χ4v) is 1.62. The molecule has 1 heterocycles. The smallest absolute Gasteiger partial charge is 0.333 e. The first-order valence-corrected chi connectivity index (χ1v) is 6.00. The van der Waals surface area contributed by atoms with Crippen LogP contribution in [-0.2, 0) is 23.1 Å². The Labute approximate surface area is 108 Å². The summed E-state index contributed by atoms with van der Waals surface area (Å²) in [6.45, 7) is 3.39. The molecule has 1 rings (SSSR count). The molecule has 5 heteroatoms. The summed E-state index contributed by atoms with van der Waals surface area (Å²) in [5.74, 6) is 0.755. The Kier molecular flexibility index (Phi) is 5.58. The van der Waals surface area contributed by atoms with Crippen LogP contribution in [0.15, 0.2) is 24.0 Å². The van der Waals surface area contributed by atoms with Gasteiger partial charge in [-0.25, -0.2) is 9.78 Å². The monoisotopic (exact) mass is 251 g/mol. The van der Waals surface area contributed by atoms with E-state index < -0.39 is 0 Å². The molecule has 0 fully saturated rings. The van der Waals surface area contributed by atoms with Crippen molar-refractivity contribution in [1.29, 1.82) is 0 Å². The van der Waals surface area contributed by atoms with Crippen LogP contribution < -0.4 is 0 Å². The van der Waals surface area contributed by atoms with Crippen molar-refractivity contribution in [2.45, 2.75) is 19.9 Å². The summed E-state index contributed by atoms with van der Waals surface area (Å²) in [5.41, 5.74) is 0.712. The van der Waals surface area contributed by atoms with Crippen LogP contribution in [0.4, 0.5) is 0 Å². The fourth-order valence-electron chi connectivity index (χ4n) is 1.62. The van der Waals surface area contributed by atoms with Gasteiger partial charge in [0.15, 0.2) is 0 Å². The molecule has 18 heavy (non-hydrogen) atoms. The van der Waals surface area contributed by atoms with Gasteiger partial charge >= 0.3 is 5.97 Å². The number of esters is 1. The van der Waals surface area contributed by atoms with E-state index in [1.165, 1.54) is 7.11 Å². The Morgan fingerprint density at radius 1 is 1.61 bits per heavy atom. The number of imidazole rings is 1. The number of hydrogen-bond acceptors (Lipinski definition) is 4. The average Bonchev–Trinajstić information content (AvgIpc) is 2.75. The number of carbonyl (C=O) groups excluding carboxylic acids is 1. The molecule has 0 saturated carbocycles. The second-order valence-corrected chi connectivity index (χ2v) is 4.23. The molecule has 5 nitrogen and oxygen atoms in total. The van der Waals surface area contributed by atoms with Gasteiger partial charge in [0.25, 0.3) is 0 Å². The SMILES string of the molecule is CCC(=CCN(C)Cc1nccn1C)C(=O)OC. The maximum absolute atomic E-state index is 11.4. The predicted molar refractivity (Wildman–Crippen MR) is 69.9 cm³/mol. The lowest BCUT2D eigenvalue weighted by Gasteiger charge is -2.14. The molecule has 0 radical (unpaired) electrons. The van der Waals surface area contributed by atoms with E-state index in [1.807, 2.05) is 37.9 Å². The highest BCUT2D eigenvalue weighted by Crippen LogP contribution is 2.05. The molecule has 0 aliphatic carbocycles. The molecular weight excluding hydrogens is 230 g/mol. The van der Waals surface area contributed by atoms with Crippen LogP contribution in [0.5, 0.6) is 0 Å². The van der Waals surface area contributed by atoms with E-state index in [1.54, 1.807) is 6.20 Å². The second kappa shape index (κ2) is 6.96. The van der Waals surface area contributed by atoms with E-state index in [4.69, 9.17) is 4.74 Å². The zero-order valence-corrected chi connectivity index (χ0v) is 11.5. The van der Waals surface area contributed by atoms with E-state index in [2.05, 4.69) is 9.88 Å². The molecule has 0 atom stereocenters. The summed E-state index contributed by atoms with van der Waals surface area (Å²) in [6, 6.07) is 0. The van der Waals surface area contributed by atoms with Gasteiger partial charge in [0.05, 0.1) is 13.7 Å². The zero-order valence-electron chi connectivity index (χ0n) is 11.5. The van der Waals surface area contributed by atoms with Crippen molar-refractivity contribution in [3.05, 3.63) is 29.9 Å². The highest BCUT2D eigenvalue weighted by Gasteiger charge is 2.08. The molecule has 0 amide bonds. The van der Waals surface area contributed by atoms with Crippen molar-refractivity contribution in [3.63, 3.8) is 0 Å². The molecule has 1 aromatic heterocycles. The number of aryl methyl sites for hydroxylation is 1. The first-order chi connectivity index (χ1) is 8.58. The van der Waals surface area contributed by atoms with Crippen LogP contribution in [0, 0.1) is 0 Å². The molecule has 0 unspecified atom stereocenters. The average molecular weight is 251 g/mol. The molecule has 1 aromatic rings. The number of likely N-dealkylation sites (N-methyl/N-ethyl adjacent to an activating group) is 1. The van der Waals surface area contributed by atoms with Crippen LogP contribution in [0.1, 0.15) is 19.2 Å². The molecule has 0 aliphatic heterocycles. The topological polar surface area (TPSA) is 47.4 Å². The van der Waals surface area contributed by atoms with E-state index in [0.29, 0.717) is 18.5 Å². The highest BCUT2D eigenvalue weighted by atomic mass is 16.5. The van der Waals surface area contributed by atoms with Crippen molar-refractivity contribution < 1.29 is 9.53 Å². The fraction of sp³-hybridized carbons (Fsp3) is 0.538. The van der Waals surface area contributed by atoms with Crippen LogP contribution in [0.25, 0.3) is 0 Å². The standard InChI is InChI=1S/C13H21N3O2/c1-5-11(13(17)18-4)6-8-15(2)10-12-14-7-9-16(12)3/h6-7,9H,5,8,10H2,1-4H3. The molecular formula is C13H21N3O2. The summed E-state index contributed by atoms with van der Waals surface area (Å²) in [4.78, 5) is 17.8. The minimum Gasteiger partial charge on any atom is -0.466 e. The minimum absolute atomic E-state index is 0.247. The third-order valence-electron chi connectivity index (χ3n) is 2.81. The third kappa shape index (κ3) is 4.00. The predicted octanol–water partition coefficient (Wildman–Crippen LogP) is 1.36. The number of nitrogens with zero attached hydrogens (tertiary/aromatic N) is 3.